The standard InChI is InChI=1S/C16H26N2/c1-13(2)15-6-8-16(9-7-15)18(3)12-14-5-4-10-17-11-14/h4-5,10-11,13,15-16H,6-9,12H2,1-3H3/t15-,16+. The van der Waals surface area contributed by atoms with Crippen LogP contribution in [0.15, 0.2) is 24.5 Å². The molecule has 1 fully saturated rings. The fraction of sp³-hybridized carbons (Fsp3) is 0.688. The minimum absolute atomic E-state index is 0.764. The van der Waals surface area contributed by atoms with Gasteiger partial charge in [-0.3, -0.25) is 9.88 Å². The lowest BCUT2D eigenvalue weighted by Gasteiger charge is -2.36. The normalized spacial score (nSPS) is 24.7. The minimum Gasteiger partial charge on any atom is -0.299 e. The maximum absolute atomic E-state index is 4.19. The van der Waals surface area contributed by atoms with E-state index in [1.807, 2.05) is 18.5 Å². The summed E-state index contributed by atoms with van der Waals surface area (Å²) in [4.78, 5) is 6.70. The Morgan fingerprint density at radius 3 is 2.56 bits per heavy atom. The van der Waals surface area contributed by atoms with Crippen LogP contribution in [0.4, 0.5) is 0 Å². The zero-order valence-electron chi connectivity index (χ0n) is 12.0. The Morgan fingerprint density at radius 2 is 2.00 bits per heavy atom. The zero-order valence-corrected chi connectivity index (χ0v) is 12.0. The second kappa shape index (κ2) is 6.33. The van der Waals surface area contributed by atoms with Crippen LogP contribution in [0.1, 0.15) is 45.1 Å². The van der Waals surface area contributed by atoms with E-state index in [4.69, 9.17) is 0 Å². The molecule has 0 radical (unpaired) electrons. The molecule has 1 heterocycles. The summed E-state index contributed by atoms with van der Waals surface area (Å²) in [5, 5.41) is 0. The Morgan fingerprint density at radius 1 is 1.28 bits per heavy atom. The molecule has 0 aliphatic heterocycles. The molecular weight excluding hydrogens is 220 g/mol. The lowest BCUT2D eigenvalue weighted by molar-refractivity contribution is 0.142. The molecule has 2 heteroatoms. The first-order valence-corrected chi connectivity index (χ1v) is 7.26. The first-order valence-electron chi connectivity index (χ1n) is 7.26. The molecule has 0 spiro atoms. The molecule has 100 valence electrons. The molecule has 0 N–H and O–H groups in total. The zero-order chi connectivity index (χ0) is 13.0. The molecule has 18 heavy (non-hydrogen) atoms. The maximum atomic E-state index is 4.19. The van der Waals surface area contributed by atoms with Crippen LogP contribution in [-0.4, -0.2) is 23.0 Å². The van der Waals surface area contributed by atoms with Gasteiger partial charge in [0.05, 0.1) is 0 Å². The second-order valence-electron chi connectivity index (χ2n) is 6.09. The van der Waals surface area contributed by atoms with Crippen LogP contribution in [0.2, 0.25) is 0 Å². The van der Waals surface area contributed by atoms with Crippen molar-refractivity contribution in [3.8, 4) is 0 Å². The third-order valence-electron chi connectivity index (χ3n) is 4.46. The van der Waals surface area contributed by atoms with Crippen LogP contribution in [-0.2, 0) is 6.54 Å². The van der Waals surface area contributed by atoms with Crippen molar-refractivity contribution in [1.29, 1.82) is 0 Å². The van der Waals surface area contributed by atoms with E-state index in [0.29, 0.717) is 0 Å². The molecule has 1 aromatic rings. The van der Waals surface area contributed by atoms with E-state index in [1.165, 1.54) is 31.2 Å². The minimum atomic E-state index is 0.764. The maximum Gasteiger partial charge on any atom is 0.0312 e. The smallest absolute Gasteiger partial charge is 0.0312 e. The van der Waals surface area contributed by atoms with E-state index in [9.17, 15) is 0 Å². The molecular formula is C16H26N2. The molecule has 0 bridgehead atoms. The highest BCUT2D eigenvalue weighted by molar-refractivity contribution is 5.08. The first kappa shape index (κ1) is 13.5. The Labute approximate surface area is 111 Å². The van der Waals surface area contributed by atoms with E-state index < -0.39 is 0 Å². The van der Waals surface area contributed by atoms with Crippen molar-refractivity contribution in [2.45, 2.75) is 52.1 Å². The SMILES string of the molecule is CC(C)[C@H]1CC[C@@H](N(C)Cc2cccnc2)CC1. The van der Waals surface area contributed by atoms with Crippen LogP contribution >= 0.6 is 0 Å². The van der Waals surface area contributed by atoms with Crippen molar-refractivity contribution in [2.24, 2.45) is 11.8 Å². The molecule has 1 aliphatic rings. The van der Waals surface area contributed by atoms with Crippen molar-refractivity contribution < 1.29 is 0 Å². The van der Waals surface area contributed by atoms with Gasteiger partial charge in [0.15, 0.2) is 0 Å². The summed E-state index contributed by atoms with van der Waals surface area (Å²) in [5.74, 6) is 1.81. The summed E-state index contributed by atoms with van der Waals surface area (Å²) >= 11 is 0. The topological polar surface area (TPSA) is 16.1 Å². The highest BCUT2D eigenvalue weighted by atomic mass is 15.1. The third kappa shape index (κ3) is 3.55. The molecule has 0 aromatic carbocycles. The van der Waals surface area contributed by atoms with E-state index in [2.05, 4.69) is 36.8 Å². The van der Waals surface area contributed by atoms with Crippen molar-refractivity contribution in [2.75, 3.05) is 7.05 Å². The van der Waals surface area contributed by atoms with Gasteiger partial charge < -0.3 is 0 Å². The van der Waals surface area contributed by atoms with Crippen LogP contribution in [0.5, 0.6) is 0 Å². The molecule has 2 nitrogen and oxygen atoms in total. The molecule has 1 saturated carbocycles. The van der Waals surface area contributed by atoms with Crippen molar-refractivity contribution in [3.05, 3.63) is 30.1 Å². The first-order chi connectivity index (χ1) is 8.66. The van der Waals surface area contributed by atoms with E-state index in [0.717, 1.165) is 24.4 Å². The van der Waals surface area contributed by atoms with Gasteiger partial charge >= 0.3 is 0 Å². The predicted octanol–water partition coefficient (Wildman–Crippen LogP) is 3.73. The van der Waals surface area contributed by atoms with Gasteiger partial charge in [0.2, 0.25) is 0 Å². The fourth-order valence-electron chi connectivity index (χ4n) is 3.12. The van der Waals surface area contributed by atoms with Gasteiger partial charge in [-0.2, -0.15) is 0 Å². The summed E-state index contributed by atoms with van der Waals surface area (Å²) in [7, 11) is 2.26. The Bertz CT molecular complexity index is 339. The Hall–Kier alpha value is -0.890. The van der Waals surface area contributed by atoms with Gasteiger partial charge in [-0.1, -0.05) is 19.9 Å². The van der Waals surface area contributed by atoms with Gasteiger partial charge in [0.25, 0.3) is 0 Å². The largest absolute Gasteiger partial charge is 0.299 e. The summed E-state index contributed by atoms with van der Waals surface area (Å²) < 4.78 is 0. The highest BCUT2D eigenvalue weighted by Gasteiger charge is 2.25. The number of nitrogens with zero attached hydrogens (tertiary/aromatic N) is 2. The van der Waals surface area contributed by atoms with Crippen LogP contribution in [0.25, 0.3) is 0 Å². The van der Waals surface area contributed by atoms with Gasteiger partial charge in [-0.15, -0.1) is 0 Å². The van der Waals surface area contributed by atoms with Crippen molar-refractivity contribution in [1.82, 2.24) is 9.88 Å². The fourth-order valence-corrected chi connectivity index (χ4v) is 3.12. The third-order valence-corrected chi connectivity index (χ3v) is 4.46. The van der Waals surface area contributed by atoms with Gasteiger partial charge in [-0.25, -0.2) is 0 Å². The monoisotopic (exact) mass is 246 g/mol. The average molecular weight is 246 g/mol. The molecule has 1 aliphatic carbocycles. The lowest BCUT2D eigenvalue weighted by atomic mass is 9.79. The average Bonchev–Trinajstić information content (AvgIpc) is 2.40. The van der Waals surface area contributed by atoms with Gasteiger partial charge in [-0.05, 0) is 56.2 Å². The van der Waals surface area contributed by atoms with Crippen molar-refractivity contribution in [3.63, 3.8) is 0 Å². The molecule has 1 aromatic heterocycles. The van der Waals surface area contributed by atoms with Crippen molar-refractivity contribution >= 4 is 0 Å². The Kier molecular flexibility index (Phi) is 4.76. The number of hydrogen-bond acceptors (Lipinski definition) is 2. The summed E-state index contributed by atoms with van der Waals surface area (Å²) in [6, 6.07) is 4.96. The van der Waals surface area contributed by atoms with Gasteiger partial charge in [0.1, 0.15) is 0 Å². The highest BCUT2D eigenvalue weighted by Crippen LogP contribution is 2.32. The number of hydrogen-bond donors (Lipinski definition) is 0. The predicted molar refractivity (Wildman–Crippen MR) is 76.3 cm³/mol. The van der Waals surface area contributed by atoms with Crippen LogP contribution < -0.4 is 0 Å². The molecule has 0 atom stereocenters. The second-order valence-corrected chi connectivity index (χ2v) is 6.09. The molecule has 0 unspecified atom stereocenters. The van der Waals surface area contributed by atoms with Gasteiger partial charge in [0, 0.05) is 25.0 Å². The number of aromatic nitrogens is 1. The molecule has 0 amide bonds. The summed E-state index contributed by atoms with van der Waals surface area (Å²) in [5.41, 5.74) is 1.32. The number of rotatable bonds is 4. The number of pyridine rings is 1. The van der Waals surface area contributed by atoms with E-state index in [1.54, 1.807) is 0 Å². The van der Waals surface area contributed by atoms with E-state index >= 15 is 0 Å². The lowest BCUT2D eigenvalue weighted by Crippen LogP contribution is -2.35. The van der Waals surface area contributed by atoms with Crippen LogP contribution in [0.3, 0.4) is 0 Å². The molecule has 0 saturated heterocycles. The quantitative estimate of drug-likeness (QED) is 0.804. The Balaban J connectivity index is 1.82. The molecule has 2 rings (SSSR count). The summed E-state index contributed by atoms with van der Waals surface area (Å²) in [6.45, 7) is 5.76. The van der Waals surface area contributed by atoms with Crippen LogP contribution in [0, 0.1) is 11.8 Å². The van der Waals surface area contributed by atoms with E-state index in [-0.39, 0.29) is 0 Å². The summed E-state index contributed by atoms with van der Waals surface area (Å²) in [6.07, 6.45) is 9.35.